The molecule has 0 bridgehead atoms. The second kappa shape index (κ2) is 7.96. The molecule has 0 spiro atoms. The number of alkyl halides is 3. The summed E-state index contributed by atoms with van der Waals surface area (Å²) in [5, 5.41) is 3.70. The van der Waals surface area contributed by atoms with Crippen LogP contribution in [0.15, 0.2) is 85.8 Å². The molecule has 6 nitrogen and oxygen atoms in total. The third-order valence-electron chi connectivity index (χ3n) is 4.91. The number of fused-ring (bicyclic) bond motifs is 3. The Morgan fingerprint density at radius 1 is 1.06 bits per heavy atom. The first-order valence-corrected chi connectivity index (χ1v) is 10.4. The number of nitrogens with zero attached hydrogens (tertiary/aromatic N) is 4. The van der Waals surface area contributed by atoms with Crippen LogP contribution >= 0.6 is 15.9 Å². The number of pyridine rings is 1. The fourth-order valence-electron chi connectivity index (χ4n) is 3.36. The molecule has 0 aliphatic rings. The van der Waals surface area contributed by atoms with Crippen molar-refractivity contribution in [2.75, 3.05) is 0 Å². The highest BCUT2D eigenvalue weighted by atomic mass is 79.9. The largest absolute Gasteiger partial charge is 0.430 e. The molecule has 0 saturated heterocycles. The van der Waals surface area contributed by atoms with Crippen molar-refractivity contribution in [2.24, 2.45) is 5.10 Å². The van der Waals surface area contributed by atoms with Gasteiger partial charge in [0.2, 0.25) is 11.3 Å². The first-order valence-electron chi connectivity index (χ1n) is 9.59. The van der Waals surface area contributed by atoms with Crippen molar-refractivity contribution in [2.45, 2.75) is 6.18 Å². The molecule has 0 N–H and O–H groups in total. The molecule has 2 aromatic carbocycles. The molecule has 164 valence electrons. The summed E-state index contributed by atoms with van der Waals surface area (Å²) in [7, 11) is 0. The van der Waals surface area contributed by atoms with E-state index < -0.39 is 17.3 Å². The number of hydrogen-bond donors (Lipinski definition) is 0. The number of benzene rings is 2. The van der Waals surface area contributed by atoms with E-state index in [0.29, 0.717) is 11.1 Å². The van der Waals surface area contributed by atoms with E-state index in [0.717, 1.165) is 21.5 Å². The lowest BCUT2D eigenvalue weighted by molar-refractivity contribution is -0.136. The predicted molar refractivity (Wildman–Crippen MR) is 121 cm³/mol. The van der Waals surface area contributed by atoms with Gasteiger partial charge in [-0.1, -0.05) is 58.4 Å². The fourth-order valence-corrected chi connectivity index (χ4v) is 3.62. The van der Waals surface area contributed by atoms with Crippen LogP contribution in [0.4, 0.5) is 13.2 Å². The lowest BCUT2D eigenvalue weighted by atomic mass is 10.1. The Kier molecular flexibility index (Phi) is 5.09. The van der Waals surface area contributed by atoms with Crippen molar-refractivity contribution in [3.63, 3.8) is 0 Å². The molecule has 3 aromatic heterocycles. The van der Waals surface area contributed by atoms with E-state index in [2.05, 4.69) is 31.0 Å². The number of hydrogen-bond acceptors (Lipinski definition) is 5. The zero-order chi connectivity index (χ0) is 23.2. The van der Waals surface area contributed by atoms with Crippen LogP contribution in [0.1, 0.15) is 11.1 Å². The van der Waals surface area contributed by atoms with Crippen LogP contribution < -0.4 is 5.56 Å². The van der Waals surface area contributed by atoms with E-state index in [1.807, 2.05) is 0 Å². The van der Waals surface area contributed by atoms with Crippen LogP contribution in [0, 0.1) is 0 Å². The number of rotatable bonds is 3. The van der Waals surface area contributed by atoms with Gasteiger partial charge in [-0.2, -0.15) is 22.9 Å². The molecule has 0 unspecified atom stereocenters. The van der Waals surface area contributed by atoms with E-state index in [1.54, 1.807) is 54.6 Å². The maximum atomic E-state index is 13.9. The summed E-state index contributed by atoms with van der Waals surface area (Å²) in [6.45, 7) is 0. The second-order valence-electron chi connectivity index (χ2n) is 7.07. The minimum Gasteiger partial charge on any atom is -0.430 e. The van der Waals surface area contributed by atoms with Crippen molar-refractivity contribution in [1.82, 2.24) is 14.6 Å². The maximum Gasteiger partial charge on any atom is 0.417 e. The molecule has 0 atom stereocenters. The number of aromatic nitrogens is 3. The highest BCUT2D eigenvalue weighted by Crippen LogP contribution is 2.39. The normalized spacial score (nSPS) is 12.2. The van der Waals surface area contributed by atoms with Gasteiger partial charge in [0, 0.05) is 10.0 Å². The van der Waals surface area contributed by atoms with Crippen LogP contribution in [-0.4, -0.2) is 20.9 Å². The molecular weight excluding hydrogens is 501 g/mol. The first-order chi connectivity index (χ1) is 15.8. The summed E-state index contributed by atoms with van der Waals surface area (Å²) in [5.74, 6) is 0. The summed E-state index contributed by atoms with van der Waals surface area (Å²) in [4.78, 5) is 21.2. The minimum absolute atomic E-state index is 0.0723. The van der Waals surface area contributed by atoms with Crippen LogP contribution in [0.2, 0.25) is 0 Å². The van der Waals surface area contributed by atoms with Crippen LogP contribution in [-0.2, 0) is 6.18 Å². The summed E-state index contributed by atoms with van der Waals surface area (Å²) >= 11 is 3.33. The number of halogens is 4. The van der Waals surface area contributed by atoms with Gasteiger partial charge in [0.05, 0.1) is 22.9 Å². The van der Waals surface area contributed by atoms with Gasteiger partial charge in [-0.15, -0.1) is 0 Å². The van der Waals surface area contributed by atoms with Gasteiger partial charge in [0.25, 0.3) is 0 Å². The van der Waals surface area contributed by atoms with E-state index in [-0.39, 0.29) is 27.9 Å². The van der Waals surface area contributed by atoms with Gasteiger partial charge in [-0.3, -0.25) is 4.79 Å². The summed E-state index contributed by atoms with van der Waals surface area (Å²) < 4.78 is 49.1. The monoisotopic (exact) mass is 512 g/mol. The average molecular weight is 513 g/mol. The van der Waals surface area contributed by atoms with Gasteiger partial charge in [-0.25, -0.2) is 9.97 Å². The standard InChI is InChI=1S/C23H12BrF3N4O2/c24-15-8-6-13(7-9-15)11-29-31-12-28-19-18-16(23(25,26)27)10-17(14-4-2-1-3-5-14)30-21(18)33-20(19)22(31)32/h1-12H/b29-11+. The van der Waals surface area contributed by atoms with E-state index in [1.165, 1.54) is 6.21 Å². The Balaban J connectivity index is 1.70. The molecule has 0 aliphatic heterocycles. The Hall–Kier alpha value is -3.79. The molecule has 0 fully saturated rings. The van der Waals surface area contributed by atoms with E-state index in [4.69, 9.17) is 4.42 Å². The fraction of sp³-hybridized carbons (Fsp3) is 0.0435. The first kappa shape index (κ1) is 21.1. The molecule has 0 aliphatic carbocycles. The molecular formula is C23H12BrF3N4O2. The molecule has 33 heavy (non-hydrogen) atoms. The van der Waals surface area contributed by atoms with Crippen molar-refractivity contribution < 1.29 is 17.6 Å². The van der Waals surface area contributed by atoms with Crippen molar-refractivity contribution in [1.29, 1.82) is 0 Å². The van der Waals surface area contributed by atoms with Crippen LogP contribution in [0.3, 0.4) is 0 Å². The molecule has 10 heteroatoms. The average Bonchev–Trinajstić information content (AvgIpc) is 3.18. The summed E-state index contributed by atoms with van der Waals surface area (Å²) in [5.41, 5.74) is -1.36. The Bertz CT molecular complexity index is 1570. The van der Waals surface area contributed by atoms with Gasteiger partial charge in [0.1, 0.15) is 11.8 Å². The molecule has 3 heterocycles. The van der Waals surface area contributed by atoms with E-state index >= 15 is 0 Å². The molecule has 5 rings (SSSR count). The smallest absolute Gasteiger partial charge is 0.417 e. The summed E-state index contributed by atoms with van der Waals surface area (Å²) in [6, 6.07) is 16.5. The molecule has 0 saturated carbocycles. The zero-order valence-electron chi connectivity index (χ0n) is 16.5. The minimum atomic E-state index is -4.71. The van der Waals surface area contributed by atoms with Gasteiger partial charge in [0.15, 0.2) is 0 Å². The quantitative estimate of drug-likeness (QED) is 0.283. The van der Waals surface area contributed by atoms with Gasteiger partial charge < -0.3 is 4.42 Å². The third kappa shape index (κ3) is 3.93. The Labute approximate surface area is 192 Å². The van der Waals surface area contributed by atoms with Gasteiger partial charge in [-0.05, 0) is 23.8 Å². The SMILES string of the molecule is O=c1c2oc3nc(-c4ccccc4)cc(C(F)(F)F)c3c2ncn1/N=C/c1ccc(Br)cc1. The second-order valence-corrected chi connectivity index (χ2v) is 7.98. The van der Waals surface area contributed by atoms with Crippen molar-refractivity contribution in [3.8, 4) is 11.3 Å². The third-order valence-corrected chi connectivity index (χ3v) is 5.44. The lowest BCUT2D eigenvalue weighted by Crippen LogP contribution is -2.16. The molecule has 0 amide bonds. The zero-order valence-corrected chi connectivity index (χ0v) is 18.1. The summed E-state index contributed by atoms with van der Waals surface area (Å²) in [6.07, 6.45) is -2.23. The highest BCUT2D eigenvalue weighted by molar-refractivity contribution is 9.10. The van der Waals surface area contributed by atoms with Gasteiger partial charge >= 0.3 is 11.7 Å². The Morgan fingerprint density at radius 2 is 1.79 bits per heavy atom. The lowest BCUT2D eigenvalue weighted by Gasteiger charge is -2.10. The predicted octanol–water partition coefficient (Wildman–Crippen LogP) is 5.87. The van der Waals surface area contributed by atoms with Crippen molar-refractivity contribution in [3.05, 3.63) is 92.9 Å². The molecule has 5 aromatic rings. The van der Waals surface area contributed by atoms with E-state index in [9.17, 15) is 18.0 Å². The van der Waals surface area contributed by atoms with Crippen LogP contribution in [0.25, 0.3) is 33.5 Å². The Morgan fingerprint density at radius 3 is 2.48 bits per heavy atom. The molecule has 0 radical (unpaired) electrons. The topological polar surface area (TPSA) is 73.3 Å². The van der Waals surface area contributed by atoms with Crippen LogP contribution in [0.5, 0.6) is 0 Å². The highest BCUT2D eigenvalue weighted by Gasteiger charge is 2.36. The number of furan rings is 1. The van der Waals surface area contributed by atoms with Crippen molar-refractivity contribution >= 4 is 44.3 Å². The maximum absolute atomic E-state index is 13.9.